The number of aliphatic hydroxyl groups is 1. The topological polar surface area (TPSA) is 49.3 Å². The fourth-order valence-corrected chi connectivity index (χ4v) is 2.31. The lowest BCUT2D eigenvalue weighted by Gasteiger charge is -2.21. The minimum absolute atomic E-state index is 0.0155. The predicted octanol–water partition coefficient (Wildman–Crippen LogP) is 3.44. The number of nitrogens with one attached hydrogen (secondary N) is 1. The van der Waals surface area contributed by atoms with E-state index in [-0.39, 0.29) is 30.1 Å². The number of rotatable bonds is 6. The van der Waals surface area contributed by atoms with E-state index in [1.54, 1.807) is 12.1 Å². The number of amides is 1. The molecule has 23 heavy (non-hydrogen) atoms. The highest BCUT2D eigenvalue weighted by atomic mass is 19.1. The van der Waals surface area contributed by atoms with E-state index in [2.05, 4.69) is 5.32 Å². The number of hydrogen-bond acceptors (Lipinski definition) is 2. The Kier molecular flexibility index (Phi) is 5.88. The average molecular weight is 315 g/mol. The third-order valence-electron chi connectivity index (χ3n) is 3.81. The van der Waals surface area contributed by atoms with Crippen LogP contribution < -0.4 is 5.32 Å². The van der Waals surface area contributed by atoms with Gasteiger partial charge in [0.05, 0.1) is 18.6 Å². The van der Waals surface area contributed by atoms with Crippen LogP contribution in [0.5, 0.6) is 0 Å². The zero-order valence-electron chi connectivity index (χ0n) is 13.4. The van der Waals surface area contributed by atoms with Crippen LogP contribution in [0.3, 0.4) is 0 Å². The number of carbonyl (C=O) groups is 1. The lowest BCUT2D eigenvalue weighted by molar-refractivity contribution is -0.124. The van der Waals surface area contributed by atoms with Gasteiger partial charge in [-0.1, -0.05) is 56.3 Å². The van der Waals surface area contributed by atoms with Gasteiger partial charge < -0.3 is 10.4 Å². The maximum atomic E-state index is 13.2. The smallest absolute Gasteiger partial charge is 0.223 e. The van der Waals surface area contributed by atoms with Gasteiger partial charge in [-0.2, -0.15) is 0 Å². The van der Waals surface area contributed by atoms with Crippen LogP contribution in [0.4, 0.5) is 4.39 Å². The average Bonchev–Trinajstić information content (AvgIpc) is 2.54. The number of benzene rings is 2. The highest BCUT2D eigenvalue weighted by molar-refractivity contribution is 5.77. The molecule has 2 aromatic carbocycles. The third-order valence-corrected chi connectivity index (χ3v) is 3.81. The molecule has 0 saturated heterocycles. The predicted molar refractivity (Wildman–Crippen MR) is 88.3 cm³/mol. The maximum absolute atomic E-state index is 13.2. The van der Waals surface area contributed by atoms with Crippen molar-refractivity contribution in [2.24, 2.45) is 5.92 Å². The van der Waals surface area contributed by atoms with Crippen LogP contribution in [0, 0.1) is 11.7 Å². The number of carbonyl (C=O) groups excluding carboxylic acids is 1. The van der Waals surface area contributed by atoms with Gasteiger partial charge in [0.2, 0.25) is 5.91 Å². The van der Waals surface area contributed by atoms with Crippen LogP contribution in [0.1, 0.15) is 37.4 Å². The minimum atomic E-state index is -0.681. The Morgan fingerprint density at radius 3 is 2.17 bits per heavy atom. The molecule has 0 spiro atoms. The van der Waals surface area contributed by atoms with E-state index in [4.69, 9.17) is 0 Å². The molecule has 0 aliphatic rings. The van der Waals surface area contributed by atoms with Gasteiger partial charge >= 0.3 is 0 Å². The van der Waals surface area contributed by atoms with Gasteiger partial charge in [-0.15, -0.1) is 0 Å². The molecular weight excluding hydrogens is 293 g/mol. The second-order valence-electron chi connectivity index (χ2n) is 5.98. The molecule has 122 valence electrons. The standard InChI is InChI=1S/C19H22FNO2/c1-13(2)17(22)12-18(23)21-19(14-6-4-3-5-7-14)15-8-10-16(20)11-9-15/h3-11,13,17,19,22H,12H2,1-2H3,(H,21,23). The molecule has 0 aliphatic carbocycles. The Balaban J connectivity index is 2.21. The number of aliphatic hydroxyl groups excluding tert-OH is 1. The Morgan fingerprint density at radius 2 is 1.61 bits per heavy atom. The summed E-state index contributed by atoms with van der Waals surface area (Å²) in [5, 5.41) is 12.8. The van der Waals surface area contributed by atoms with Crippen molar-refractivity contribution in [3.8, 4) is 0 Å². The van der Waals surface area contributed by atoms with E-state index in [0.717, 1.165) is 11.1 Å². The molecule has 4 heteroatoms. The van der Waals surface area contributed by atoms with E-state index in [0.29, 0.717) is 0 Å². The van der Waals surface area contributed by atoms with Gasteiger partial charge in [-0.3, -0.25) is 4.79 Å². The summed E-state index contributed by atoms with van der Waals surface area (Å²) in [6.07, 6.45) is -0.637. The van der Waals surface area contributed by atoms with Gasteiger partial charge in [0, 0.05) is 0 Å². The summed E-state index contributed by atoms with van der Waals surface area (Å²) in [6, 6.07) is 15.2. The van der Waals surface area contributed by atoms with Crippen molar-refractivity contribution >= 4 is 5.91 Å². The fourth-order valence-electron chi connectivity index (χ4n) is 2.31. The normalized spacial score (nSPS) is 13.6. The summed E-state index contributed by atoms with van der Waals surface area (Å²) >= 11 is 0. The van der Waals surface area contributed by atoms with E-state index >= 15 is 0 Å². The summed E-state index contributed by atoms with van der Waals surface area (Å²) in [7, 11) is 0. The lowest BCUT2D eigenvalue weighted by atomic mass is 9.97. The molecule has 2 atom stereocenters. The molecule has 0 bridgehead atoms. The van der Waals surface area contributed by atoms with Gasteiger partial charge in [0.25, 0.3) is 0 Å². The van der Waals surface area contributed by atoms with E-state index in [1.807, 2.05) is 44.2 Å². The molecule has 2 N–H and O–H groups in total. The van der Waals surface area contributed by atoms with Crippen LogP contribution in [-0.2, 0) is 4.79 Å². The van der Waals surface area contributed by atoms with Crippen molar-refractivity contribution in [3.05, 3.63) is 71.5 Å². The molecule has 0 fully saturated rings. The SMILES string of the molecule is CC(C)C(O)CC(=O)NC(c1ccccc1)c1ccc(F)cc1. The molecule has 0 aromatic heterocycles. The third kappa shape index (κ3) is 4.89. The highest BCUT2D eigenvalue weighted by Crippen LogP contribution is 2.22. The second-order valence-corrected chi connectivity index (χ2v) is 5.98. The summed E-state index contributed by atoms with van der Waals surface area (Å²) in [5.41, 5.74) is 1.71. The summed E-state index contributed by atoms with van der Waals surface area (Å²) in [6.45, 7) is 3.74. The number of halogens is 1. The Hall–Kier alpha value is -2.20. The zero-order chi connectivity index (χ0) is 16.8. The molecule has 0 aliphatic heterocycles. The first-order valence-corrected chi connectivity index (χ1v) is 7.75. The highest BCUT2D eigenvalue weighted by Gasteiger charge is 2.20. The van der Waals surface area contributed by atoms with E-state index < -0.39 is 6.10 Å². The largest absolute Gasteiger partial charge is 0.392 e. The molecule has 3 nitrogen and oxygen atoms in total. The van der Waals surface area contributed by atoms with Gasteiger partial charge in [-0.05, 0) is 29.2 Å². The monoisotopic (exact) mass is 315 g/mol. The molecule has 2 rings (SSSR count). The van der Waals surface area contributed by atoms with Gasteiger partial charge in [0.1, 0.15) is 5.82 Å². The van der Waals surface area contributed by atoms with Crippen molar-refractivity contribution in [3.63, 3.8) is 0 Å². The van der Waals surface area contributed by atoms with Crippen LogP contribution in [0.15, 0.2) is 54.6 Å². The number of hydrogen-bond donors (Lipinski definition) is 2. The first-order chi connectivity index (χ1) is 11.0. The van der Waals surface area contributed by atoms with Crippen molar-refractivity contribution in [2.75, 3.05) is 0 Å². The lowest BCUT2D eigenvalue weighted by Crippen LogP contribution is -2.33. The van der Waals surface area contributed by atoms with Crippen LogP contribution in [0.25, 0.3) is 0 Å². The molecular formula is C19H22FNO2. The minimum Gasteiger partial charge on any atom is -0.392 e. The molecule has 0 heterocycles. The molecule has 0 saturated carbocycles. The van der Waals surface area contributed by atoms with Crippen LogP contribution in [-0.4, -0.2) is 17.1 Å². The first kappa shape index (κ1) is 17.2. The van der Waals surface area contributed by atoms with Crippen LogP contribution in [0.2, 0.25) is 0 Å². The molecule has 2 unspecified atom stereocenters. The molecule has 1 amide bonds. The van der Waals surface area contributed by atoms with Crippen LogP contribution >= 0.6 is 0 Å². The Labute approximate surface area is 136 Å². The zero-order valence-corrected chi connectivity index (χ0v) is 13.4. The second kappa shape index (κ2) is 7.88. The molecule has 2 aromatic rings. The van der Waals surface area contributed by atoms with Crippen molar-refractivity contribution in [2.45, 2.75) is 32.4 Å². The van der Waals surface area contributed by atoms with E-state index in [9.17, 15) is 14.3 Å². The van der Waals surface area contributed by atoms with Crippen molar-refractivity contribution in [1.82, 2.24) is 5.32 Å². The Bertz CT molecular complexity index is 626. The van der Waals surface area contributed by atoms with E-state index in [1.165, 1.54) is 12.1 Å². The Morgan fingerprint density at radius 1 is 1.04 bits per heavy atom. The fraction of sp³-hybridized carbons (Fsp3) is 0.316. The molecule has 0 radical (unpaired) electrons. The summed E-state index contributed by atoms with van der Waals surface area (Å²) < 4.78 is 13.2. The quantitative estimate of drug-likeness (QED) is 0.858. The first-order valence-electron chi connectivity index (χ1n) is 7.75. The van der Waals surface area contributed by atoms with Crippen molar-refractivity contribution in [1.29, 1.82) is 0 Å². The van der Waals surface area contributed by atoms with Gasteiger partial charge in [-0.25, -0.2) is 4.39 Å². The van der Waals surface area contributed by atoms with Gasteiger partial charge in [0.15, 0.2) is 0 Å². The summed E-state index contributed by atoms with van der Waals surface area (Å²) in [4.78, 5) is 12.2. The maximum Gasteiger partial charge on any atom is 0.223 e. The van der Waals surface area contributed by atoms with Crippen molar-refractivity contribution < 1.29 is 14.3 Å². The summed E-state index contributed by atoms with van der Waals surface area (Å²) in [5.74, 6) is -0.534.